The second kappa shape index (κ2) is 4.07. The minimum absolute atomic E-state index is 1.11. The summed E-state index contributed by atoms with van der Waals surface area (Å²) < 4.78 is 2.30. The smallest absolute Gasteiger partial charge is 0.240 e. The lowest BCUT2D eigenvalue weighted by molar-refractivity contribution is -0.648. The fourth-order valence-electron chi connectivity index (χ4n) is 2.97. The molecular formula is C16H15N2S+. The topological polar surface area (TPSA) is 19.7 Å². The van der Waals surface area contributed by atoms with Crippen LogP contribution < -0.4 is 4.57 Å². The second-order valence-electron chi connectivity index (χ2n) is 4.98. The summed E-state index contributed by atoms with van der Waals surface area (Å²) in [5.74, 6) is 1.20. The van der Waals surface area contributed by atoms with Crippen LogP contribution in [0.3, 0.4) is 0 Å². The van der Waals surface area contributed by atoms with Crippen molar-refractivity contribution in [3.8, 4) is 22.6 Å². The fourth-order valence-corrected chi connectivity index (χ4v) is 3.85. The van der Waals surface area contributed by atoms with E-state index in [0.717, 1.165) is 12.8 Å². The Morgan fingerprint density at radius 3 is 2.79 bits per heavy atom. The molecule has 3 aromatic rings. The van der Waals surface area contributed by atoms with Crippen LogP contribution in [0, 0.1) is 0 Å². The quantitative estimate of drug-likeness (QED) is 0.653. The van der Waals surface area contributed by atoms with Gasteiger partial charge in [-0.1, -0.05) is 18.2 Å². The van der Waals surface area contributed by atoms with Gasteiger partial charge in [0.2, 0.25) is 0 Å². The van der Waals surface area contributed by atoms with E-state index in [1.807, 2.05) is 11.3 Å². The number of aromatic nitrogens is 2. The van der Waals surface area contributed by atoms with E-state index in [9.17, 15) is 0 Å². The number of hydrogen-bond acceptors (Lipinski definition) is 1. The highest BCUT2D eigenvalue weighted by molar-refractivity contribution is 7.10. The van der Waals surface area contributed by atoms with Gasteiger partial charge >= 0.3 is 0 Å². The molecule has 0 unspecified atom stereocenters. The molecule has 94 valence electrons. The number of aryl methyl sites for hydroxylation is 2. The van der Waals surface area contributed by atoms with Crippen molar-refractivity contribution in [1.29, 1.82) is 0 Å². The molecule has 0 atom stereocenters. The number of hydrogen-bond donors (Lipinski definition) is 1. The number of H-pyrrole nitrogens is 1. The lowest BCUT2D eigenvalue weighted by Gasteiger charge is -2.07. The summed E-state index contributed by atoms with van der Waals surface area (Å²) in [7, 11) is 2.16. The summed E-state index contributed by atoms with van der Waals surface area (Å²) in [6.45, 7) is 0. The highest BCUT2D eigenvalue weighted by Gasteiger charge is 2.29. The van der Waals surface area contributed by atoms with Crippen LogP contribution in [0.4, 0.5) is 0 Å². The van der Waals surface area contributed by atoms with Crippen molar-refractivity contribution in [3.05, 3.63) is 52.3 Å². The van der Waals surface area contributed by atoms with Gasteiger partial charge in [-0.05, 0) is 30.0 Å². The molecule has 1 N–H and O–H groups in total. The van der Waals surface area contributed by atoms with Crippen LogP contribution in [-0.4, -0.2) is 4.98 Å². The molecule has 0 saturated heterocycles. The third-order valence-electron chi connectivity index (χ3n) is 3.88. The maximum Gasteiger partial charge on any atom is 0.287 e. The number of thiophene rings is 1. The van der Waals surface area contributed by atoms with E-state index in [4.69, 9.17) is 0 Å². The predicted octanol–water partition coefficient (Wildman–Crippen LogP) is 3.33. The molecule has 19 heavy (non-hydrogen) atoms. The standard InChI is InChI=1S/C16H14N2S/c1-18-15-12-9-10-19-14(12)8-7-13(15)17-16(18)11-5-3-2-4-6-11/h2-6,9-10H,7-8H2,1H3/p+1. The molecule has 0 radical (unpaired) electrons. The Labute approximate surface area is 116 Å². The largest absolute Gasteiger partial charge is 0.287 e. The van der Waals surface area contributed by atoms with Crippen molar-refractivity contribution < 1.29 is 4.57 Å². The van der Waals surface area contributed by atoms with Gasteiger partial charge in [-0.15, -0.1) is 11.3 Å². The molecule has 0 aliphatic heterocycles. The molecule has 1 aliphatic rings. The zero-order valence-electron chi connectivity index (χ0n) is 10.8. The van der Waals surface area contributed by atoms with E-state index < -0.39 is 0 Å². The lowest BCUT2D eigenvalue weighted by atomic mass is 10.00. The molecule has 4 rings (SSSR count). The summed E-state index contributed by atoms with van der Waals surface area (Å²) in [6.07, 6.45) is 2.28. The van der Waals surface area contributed by atoms with Gasteiger partial charge < -0.3 is 0 Å². The van der Waals surface area contributed by atoms with Gasteiger partial charge in [0.15, 0.2) is 5.69 Å². The number of benzene rings is 1. The molecule has 0 bridgehead atoms. The Balaban J connectivity index is 1.95. The fraction of sp³-hybridized carbons (Fsp3) is 0.188. The van der Waals surface area contributed by atoms with Crippen molar-refractivity contribution in [1.82, 2.24) is 4.98 Å². The Bertz CT molecular complexity index is 737. The molecule has 0 fully saturated rings. The molecule has 2 heterocycles. The highest BCUT2D eigenvalue weighted by atomic mass is 32.1. The maximum absolute atomic E-state index is 3.62. The molecule has 1 aliphatic carbocycles. The van der Waals surface area contributed by atoms with Crippen molar-refractivity contribution in [2.75, 3.05) is 0 Å². The number of imidazole rings is 1. The zero-order chi connectivity index (χ0) is 12.8. The minimum atomic E-state index is 1.11. The number of aromatic amines is 1. The van der Waals surface area contributed by atoms with Gasteiger partial charge in [0.05, 0.1) is 12.6 Å². The van der Waals surface area contributed by atoms with Crippen LogP contribution in [0.5, 0.6) is 0 Å². The van der Waals surface area contributed by atoms with Crippen LogP contribution in [0.1, 0.15) is 10.6 Å². The first-order valence-corrected chi connectivity index (χ1v) is 7.45. The summed E-state index contributed by atoms with van der Waals surface area (Å²) in [4.78, 5) is 5.13. The van der Waals surface area contributed by atoms with Gasteiger partial charge in [0.25, 0.3) is 5.82 Å². The normalized spacial score (nSPS) is 13.1. The number of nitrogens with zero attached hydrogens (tertiary/aromatic N) is 1. The highest BCUT2D eigenvalue weighted by Crippen LogP contribution is 2.35. The Hall–Kier alpha value is -1.87. The number of fused-ring (bicyclic) bond motifs is 3. The average Bonchev–Trinajstić information content (AvgIpc) is 3.04. The molecular weight excluding hydrogens is 252 g/mol. The predicted molar refractivity (Wildman–Crippen MR) is 78.1 cm³/mol. The number of rotatable bonds is 1. The van der Waals surface area contributed by atoms with E-state index in [-0.39, 0.29) is 0 Å². The first-order chi connectivity index (χ1) is 9.34. The monoisotopic (exact) mass is 267 g/mol. The zero-order valence-corrected chi connectivity index (χ0v) is 11.6. The molecule has 2 nitrogen and oxygen atoms in total. The Morgan fingerprint density at radius 2 is 1.95 bits per heavy atom. The summed E-state index contributed by atoms with van der Waals surface area (Å²) in [5, 5.41) is 2.20. The molecule has 0 saturated carbocycles. The first-order valence-electron chi connectivity index (χ1n) is 6.57. The van der Waals surface area contributed by atoms with E-state index in [0.29, 0.717) is 0 Å². The SMILES string of the molecule is C[n+]1c(-c2ccccc2)[nH]c2c1-c1ccsc1CC2. The molecule has 0 amide bonds. The van der Waals surface area contributed by atoms with Crippen molar-refractivity contribution in [3.63, 3.8) is 0 Å². The van der Waals surface area contributed by atoms with Crippen molar-refractivity contribution in [2.24, 2.45) is 7.05 Å². The van der Waals surface area contributed by atoms with Gasteiger partial charge in [-0.2, -0.15) is 0 Å². The molecule has 2 aromatic heterocycles. The van der Waals surface area contributed by atoms with Crippen LogP contribution in [-0.2, 0) is 19.9 Å². The lowest BCUT2D eigenvalue weighted by Crippen LogP contribution is -2.32. The summed E-state index contributed by atoms with van der Waals surface area (Å²) in [5.41, 5.74) is 5.39. The van der Waals surface area contributed by atoms with E-state index in [1.165, 1.54) is 33.2 Å². The van der Waals surface area contributed by atoms with Crippen LogP contribution in [0.25, 0.3) is 22.6 Å². The van der Waals surface area contributed by atoms with E-state index in [1.54, 1.807) is 0 Å². The third-order valence-corrected chi connectivity index (χ3v) is 4.86. The van der Waals surface area contributed by atoms with Crippen LogP contribution in [0.2, 0.25) is 0 Å². The minimum Gasteiger partial charge on any atom is -0.240 e. The third kappa shape index (κ3) is 1.58. The van der Waals surface area contributed by atoms with Crippen LogP contribution in [0.15, 0.2) is 41.8 Å². The summed E-state index contributed by atoms with van der Waals surface area (Å²) in [6, 6.07) is 12.8. The van der Waals surface area contributed by atoms with Gasteiger partial charge in [0.1, 0.15) is 5.69 Å². The van der Waals surface area contributed by atoms with Crippen molar-refractivity contribution >= 4 is 11.3 Å². The molecule has 1 aromatic carbocycles. The van der Waals surface area contributed by atoms with Gasteiger partial charge in [-0.25, -0.2) is 9.55 Å². The maximum atomic E-state index is 3.62. The summed E-state index contributed by atoms with van der Waals surface area (Å²) >= 11 is 1.88. The molecule has 0 spiro atoms. The number of nitrogens with one attached hydrogen (secondary N) is 1. The molecule has 3 heteroatoms. The van der Waals surface area contributed by atoms with E-state index >= 15 is 0 Å². The Kier molecular flexibility index (Phi) is 2.35. The van der Waals surface area contributed by atoms with Crippen LogP contribution >= 0.6 is 11.3 Å². The Morgan fingerprint density at radius 1 is 1.11 bits per heavy atom. The second-order valence-corrected chi connectivity index (χ2v) is 5.98. The van der Waals surface area contributed by atoms with E-state index in [2.05, 4.69) is 58.4 Å². The van der Waals surface area contributed by atoms with Gasteiger partial charge in [0, 0.05) is 16.9 Å². The average molecular weight is 267 g/mol. The van der Waals surface area contributed by atoms with Crippen molar-refractivity contribution in [2.45, 2.75) is 12.8 Å². The van der Waals surface area contributed by atoms with Gasteiger partial charge in [-0.3, -0.25) is 0 Å². The first kappa shape index (κ1) is 11.0.